The molecule has 0 amide bonds. The van der Waals surface area contributed by atoms with Crippen LogP contribution in [-0.2, 0) is 10.0 Å². The van der Waals surface area contributed by atoms with Crippen LogP contribution in [0.15, 0.2) is 12.1 Å². The summed E-state index contributed by atoms with van der Waals surface area (Å²) in [5.74, 6) is 0. The first-order valence-corrected chi connectivity index (χ1v) is 7.04. The average molecular weight is 249 g/mol. The summed E-state index contributed by atoms with van der Waals surface area (Å²) in [6.07, 6.45) is 3.18. The molecule has 1 fully saturated rings. The van der Waals surface area contributed by atoms with Gasteiger partial charge in [-0.25, -0.2) is 12.4 Å². The first-order chi connectivity index (χ1) is 7.00. The molecule has 1 atom stereocenters. The van der Waals surface area contributed by atoms with Gasteiger partial charge in [0.15, 0.2) is 0 Å². The van der Waals surface area contributed by atoms with Gasteiger partial charge in [0.1, 0.15) is 5.15 Å². The molecule has 1 N–H and O–H groups in total. The Morgan fingerprint density at radius 2 is 2.27 bits per heavy atom. The minimum Gasteiger partial charge on any atom is -0.309 e. The fourth-order valence-electron chi connectivity index (χ4n) is 1.96. The van der Waals surface area contributed by atoms with Gasteiger partial charge in [0.25, 0.3) is 0 Å². The van der Waals surface area contributed by atoms with Crippen molar-refractivity contribution in [2.24, 2.45) is 0 Å². The maximum atomic E-state index is 11.5. The Hall–Kier alpha value is -0.520. The summed E-state index contributed by atoms with van der Waals surface area (Å²) in [6.45, 7) is 0.928. The quantitative estimate of drug-likeness (QED) is 0.860. The number of hydrogen-bond donors (Lipinski definition) is 1. The van der Waals surface area contributed by atoms with E-state index in [2.05, 4.69) is 5.32 Å². The number of rotatable bonds is 2. The van der Waals surface area contributed by atoms with Crippen molar-refractivity contribution in [2.75, 3.05) is 12.8 Å². The summed E-state index contributed by atoms with van der Waals surface area (Å²) in [4.78, 5) is 0. The second kappa shape index (κ2) is 3.81. The average Bonchev–Trinajstić information content (AvgIpc) is 2.68. The van der Waals surface area contributed by atoms with E-state index >= 15 is 0 Å². The second-order valence-electron chi connectivity index (χ2n) is 3.76. The standard InChI is InChI=1S/C9H13ClN2O2S/c1-15(13,14)12-8(4-5-9(12)10)7-3-2-6-11-7/h4-5,7,11H,2-3,6H2,1H3. The Labute approximate surface area is 94.3 Å². The molecule has 1 aromatic rings. The lowest BCUT2D eigenvalue weighted by Crippen LogP contribution is -2.21. The maximum absolute atomic E-state index is 11.5. The van der Waals surface area contributed by atoms with E-state index in [0.717, 1.165) is 31.3 Å². The first kappa shape index (κ1) is 11.0. The third-order valence-electron chi connectivity index (χ3n) is 2.57. The number of aromatic nitrogens is 1. The van der Waals surface area contributed by atoms with Gasteiger partial charge in [-0.05, 0) is 31.5 Å². The van der Waals surface area contributed by atoms with Crippen molar-refractivity contribution in [3.05, 3.63) is 23.0 Å². The highest BCUT2D eigenvalue weighted by atomic mass is 35.5. The Balaban J connectivity index is 2.48. The lowest BCUT2D eigenvalue weighted by Gasteiger charge is -2.13. The Bertz CT molecular complexity index is 460. The van der Waals surface area contributed by atoms with Crippen LogP contribution in [0.5, 0.6) is 0 Å². The van der Waals surface area contributed by atoms with Crippen molar-refractivity contribution in [2.45, 2.75) is 18.9 Å². The molecule has 1 saturated heterocycles. The van der Waals surface area contributed by atoms with Crippen molar-refractivity contribution < 1.29 is 8.42 Å². The molecule has 0 bridgehead atoms. The molecule has 15 heavy (non-hydrogen) atoms. The van der Waals surface area contributed by atoms with Gasteiger partial charge in [-0.1, -0.05) is 11.6 Å². The summed E-state index contributed by atoms with van der Waals surface area (Å²) in [5, 5.41) is 3.51. The van der Waals surface area contributed by atoms with Crippen LogP contribution in [-0.4, -0.2) is 25.2 Å². The van der Waals surface area contributed by atoms with Crippen molar-refractivity contribution in [1.82, 2.24) is 9.29 Å². The number of nitrogens with one attached hydrogen (secondary N) is 1. The topological polar surface area (TPSA) is 51.1 Å². The van der Waals surface area contributed by atoms with Gasteiger partial charge in [-0.3, -0.25) is 0 Å². The van der Waals surface area contributed by atoms with E-state index in [0.29, 0.717) is 0 Å². The van der Waals surface area contributed by atoms with Crippen molar-refractivity contribution in [3.8, 4) is 0 Å². The predicted octanol–water partition coefficient (Wildman–Crippen LogP) is 1.37. The zero-order valence-electron chi connectivity index (χ0n) is 8.40. The molecule has 1 aliphatic heterocycles. The fourth-order valence-corrected chi connectivity index (χ4v) is 3.44. The first-order valence-electron chi connectivity index (χ1n) is 4.81. The van der Waals surface area contributed by atoms with E-state index in [1.807, 2.05) is 0 Å². The molecule has 2 rings (SSSR count). The molecular weight excluding hydrogens is 236 g/mol. The molecule has 0 aromatic carbocycles. The van der Waals surface area contributed by atoms with Gasteiger partial charge >= 0.3 is 0 Å². The van der Waals surface area contributed by atoms with E-state index in [1.54, 1.807) is 12.1 Å². The molecule has 1 aliphatic rings. The summed E-state index contributed by atoms with van der Waals surface area (Å²) in [7, 11) is -3.31. The zero-order chi connectivity index (χ0) is 11.1. The van der Waals surface area contributed by atoms with Gasteiger partial charge in [0, 0.05) is 6.04 Å². The highest BCUT2D eigenvalue weighted by Gasteiger charge is 2.24. The van der Waals surface area contributed by atoms with E-state index in [1.165, 1.54) is 3.97 Å². The molecule has 1 aromatic heterocycles. The van der Waals surface area contributed by atoms with Gasteiger partial charge < -0.3 is 5.32 Å². The third-order valence-corrected chi connectivity index (χ3v) is 4.04. The van der Waals surface area contributed by atoms with E-state index in [-0.39, 0.29) is 11.2 Å². The number of halogens is 1. The SMILES string of the molecule is CS(=O)(=O)n1c(Cl)ccc1C1CCCN1. The smallest absolute Gasteiger partial charge is 0.237 e. The van der Waals surface area contributed by atoms with E-state index < -0.39 is 10.0 Å². The van der Waals surface area contributed by atoms with Crippen LogP contribution in [0.3, 0.4) is 0 Å². The largest absolute Gasteiger partial charge is 0.309 e. The molecule has 84 valence electrons. The van der Waals surface area contributed by atoms with Crippen LogP contribution < -0.4 is 5.32 Å². The van der Waals surface area contributed by atoms with Crippen LogP contribution >= 0.6 is 11.6 Å². The van der Waals surface area contributed by atoms with E-state index in [4.69, 9.17) is 11.6 Å². The highest BCUT2D eigenvalue weighted by molar-refractivity contribution is 7.89. The molecule has 0 spiro atoms. The van der Waals surface area contributed by atoms with Crippen LogP contribution in [0.2, 0.25) is 5.15 Å². The number of nitrogens with zero attached hydrogens (tertiary/aromatic N) is 1. The van der Waals surface area contributed by atoms with Crippen LogP contribution in [0.1, 0.15) is 24.6 Å². The molecule has 0 radical (unpaired) electrons. The zero-order valence-corrected chi connectivity index (χ0v) is 9.98. The van der Waals surface area contributed by atoms with Gasteiger partial charge in [0.2, 0.25) is 10.0 Å². The Kier molecular flexibility index (Phi) is 2.79. The fraction of sp³-hybridized carbons (Fsp3) is 0.556. The van der Waals surface area contributed by atoms with Crippen LogP contribution in [0, 0.1) is 0 Å². The molecule has 2 heterocycles. The monoisotopic (exact) mass is 248 g/mol. The predicted molar refractivity (Wildman–Crippen MR) is 59.7 cm³/mol. The van der Waals surface area contributed by atoms with Crippen molar-refractivity contribution in [1.29, 1.82) is 0 Å². The molecule has 0 saturated carbocycles. The molecule has 1 unspecified atom stereocenters. The summed E-state index contributed by atoms with van der Waals surface area (Å²) in [6, 6.07) is 3.50. The lowest BCUT2D eigenvalue weighted by molar-refractivity contribution is 0.577. The minimum absolute atomic E-state index is 0.104. The molecular formula is C9H13ClN2O2S. The summed E-state index contributed by atoms with van der Waals surface area (Å²) >= 11 is 5.86. The summed E-state index contributed by atoms with van der Waals surface area (Å²) in [5.41, 5.74) is 0.736. The summed E-state index contributed by atoms with van der Waals surface area (Å²) < 4.78 is 24.3. The Morgan fingerprint density at radius 1 is 1.53 bits per heavy atom. The Morgan fingerprint density at radius 3 is 2.80 bits per heavy atom. The maximum Gasteiger partial charge on any atom is 0.237 e. The van der Waals surface area contributed by atoms with Crippen molar-refractivity contribution >= 4 is 21.6 Å². The van der Waals surface area contributed by atoms with Gasteiger partial charge in [0.05, 0.1) is 11.9 Å². The molecule has 6 heteroatoms. The normalized spacial score (nSPS) is 22.1. The van der Waals surface area contributed by atoms with Crippen LogP contribution in [0.25, 0.3) is 0 Å². The third kappa shape index (κ3) is 2.04. The molecule has 4 nitrogen and oxygen atoms in total. The molecule has 0 aliphatic carbocycles. The van der Waals surface area contributed by atoms with Crippen LogP contribution in [0.4, 0.5) is 0 Å². The van der Waals surface area contributed by atoms with Gasteiger partial charge in [-0.2, -0.15) is 0 Å². The minimum atomic E-state index is -3.31. The second-order valence-corrected chi connectivity index (χ2v) is 5.98. The highest BCUT2D eigenvalue weighted by Crippen LogP contribution is 2.28. The van der Waals surface area contributed by atoms with E-state index in [9.17, 15) is 8.42 Å². The number of hydrogen-bond acceptors (Lipinski definition) is 3. The van der Waals surface area contributed by atoms with Gasteiger partial charge in [-0.15, -0.1) is 0 Å². The lowest BCUT2D eigenvalue weighted by atomic mass is 10.2. The van der Waals surface area contributed by atoms with Crippen molar-refractivity contribution in [3.63, 3.8) is 0 Å².